The summed E-state index contributed by atoms with van der Waals surface area (Å²) < 4.78 is 10.1. The van der Waals surface area contributed by atoms with E-state index in [4.69, 9.17) is 9.47 Å². The van der Waals surface area contributed by atoms with Crippen LogP contribution in [0.5, 0.6) is 0 Å². The van der Waals surface area contributed by atoms with Crippen LogP contribution in [0.4, 0.5) is 4.79 Å². The Morgan fingerprint density at radius 1 is 1.24 bits per heavy atom. The number of carbonyl (C=O) groups excluding carboxylic acids is 3. The Morgan fingerprint density at radius 2 is 2.00 bits per heavy atom. The number of hydrogen-bond donors (Lipinski definition) is 2. The van der Waals surface area contributed by atoms with Crippen molar-refractivity contribution in [3.8, 4) is 0 Å². The highest BCUT2D eigenvalue weighted by molar-refractivity contribution is 8.00. The summed E-state index contributed by atoms with van der Waals surface area (Å²) in [5.74, 6) is -0.842. The van der Waals surface area contributed by atoms with Gasteiger partial charge in [0.15, 0.2) is 0 Å². The monoisotopic (exact) mass is 364 g/mol. The van der Waals surface area contributed by atoms with Gasteiger partial charge in [0, 0.05) is 4.90 Å². The van der Waals surface area contributed by atoms with Crippen molar-refractivity contribution in [2.45, 2.75) is 18.7 Å². The van der Waals surface area contributed by atoms with Gasteiger partial charge in [-0.15, -0.1) is 11.8 Å². The molecule has 2 amide bonds. The molecule has 7 nitrogen and oxygen atoms in total. The van der Waals surface area contributed by atoms with Gasteiger partial charge < -0.3 is 20.1 Å². The molecule has 0 fully saturated rings. The van der Waals surface area contributed by atoms with E-state index in [1.807, 2.05) is 31.2 Å². The summed E-state index contributed by atoms with van der Waals surface area (Å²) in [6.45, 7) is 3.73. The van der Waals surface area contributed by atoms with Crippen LogP contribution in [0, 0.1) is 6.92 Å². The predicted octanol–water partition coefficient (Wildman–Crippen LogP) is 1.76. The van der Waals surface area contributed by atoms with Crippen LogP contribution in [0.3, 0.4) is 0 Å². The van der Waals surface area contributed by atoms with Gasteiger partial charge in [-0.2, -0.15) is 0 Å². The van der Waals surface area contributed by atoms with Crippen LogP contribution < -0.4 is 10.6 Å². The van der Waals surface area contributed by atoms with E-state index in [1.165, 1.54) is 11.8 Å². The lowest BCUT2D eigenvalue weighted by Gasteiger charge is -2.21. The van der Waals surface area contributed by atoms with Crippen molar-refractivity contribution >= 4 is 29.7 Å². The van der Waals surface area contributed by atoms with E-state index >= 15 is 0 Å². The Kier molecular flexibility index (Phi) is 6.88. The maximum Gasteiger partial charge on any atom is 0.337 e. The number of amides is 2. The first-order valence-corrected chi connectivity index (χ1v) is 8.78. The Morgan fingerprint density at radius 3 is 2.72 bits per heavy atom. The first kappa shape index (κ1) is 18.9. The molecule has 0 bridgehead atoms. The van der Waals surface area contributed by atoms with E-state index in [2.05, 4.69) is 10.6 Å². The highest BCUT2D eigenvalue weighted by Crippen LogP contribution is 2.21. The van der Waals surface area contributed by atoms with Crippen LogP contribution in [-0.2, 0) is 19.1 Å². The molecule has 0 radical (unpaired) electrons. The van der Waals surface area contributed by atoms with Crippen molar-refractivity contribution < 1.29 is 23.9 Å². The van der Waals surface area contributed by atoms with Gasteiger partial charge in [-0.05, 0) is 25.5 Å². The maximum absolute atomic E-state index is 11.9. The third kappa shape index (κ3) is 5.53. The van der Waals surface area contributed by atoms with Gasteiger partial charge in [-0.1, -0.05) is 18.2 Å². The van der Waals surface area contributed by atoms with E-state index in [9.17, 15) is 14.4 Å². The molecule has 8 heteroatoms. The van der Waals surface area contributed by atoms with Crippen molar-refractivity contribution in [1.29, 1.82) is 0 Å². The molecule has 1 aliphatic heterocycles. The fourth-order valence-electron chi connectivity index (χ4n) is 2.12. The zero-order valence-corrected chi connectivity index (χ0v) is 14.9. The Bertz CT molecular complexity index is 702. The minimum atomic E-state index is -0.546. The number of carbonyl (C=O) groups is 3. The van der Waals surface area contributed by atoms with Gasteiger partial charge in [0.2, 0.25) is 0 Å². The van der Waals surface area contributed by atoms with Gasteiger partial charge in [-0.3, -0.25) is 4.79 Å². The molecule has 0 unspecified atom stereocenters. The summed E-state index contributed by atoms with van der Waals surface area (Å²) in [5.41, 5.74) is 1.58. The van der Waals surface area contributed by atoms with E-state index in [0.29, 0.717) is 0 Å². The number of benzene rings is 1. The zero-order valence-electron chi connectivity index (χ0n) is 14.1. The molecular weight excluding hydrogens is 344 g/mol. The van der Waals surface area contributed by atoms with Gasteiger partial charge in [0.1, 0.15) is 6.61 Å². The zero-order chi connectivity index (χ0) is 18.2. The number of aryl methyl sites for hydroxylation is 1. The third-order valence-corrected chi connectivity index (χ3v) is 4.54. The molecule has 134 valence electrons. The second-order valence-corrected chi connectivity index (χ2v) is 6.22. The largest absolute Gasteiger partial charge is 0.463 e. The second-order valence-electron chi connectivity index (χ2n) is 5.20. The summed E-state index contributed by atoms with van der Waals surface area (Å²) in [7, 11) is 0. The molecule has 0 atom stereocenters. The van der Waals surface area contributed by atoms with Crippen molar-refractivity contribution in [3.05, 3.63) is 41.1 Å². The third-order valence-electron chi connectivity index (χ3n) is 3.39. The topological polar surface area (TPSA) is 93.7 Å². The van der Waals surface area contributed by atoms with Gasteiger partial charge in [0.25, 0.3) is 0 Å². The highest BCUT2D eigenvalue weighted by Gasteiger charge is 2.24. The SMILES string of the molecule is CCOC(=O)C1=C(COC(=O)CSc2ccccc2C)NC(=O)NC1. The smallest absolute Gasteiger partial charge is 0.337 e. The number of ether oxygens (including phenoxy) is 2. The number of hydrogen-bond acceptors (Lipinski definition) is 6. The lowest BCUT2D eigenvalue weighted by Crippen LogP contribution is -2.45. The standard InChI is InChI=1S/C17H20N2O5S/c1-3-23-16(21)12-8-18-17(22)19-13(12)9-24-15(20)10-25-14-7-5-4-6-11(14)2/h4-7H,3,8-10H2,1-2H3,(H2,18,19,22). The summed E-state index contributed by atoms with van der Waals surface area (Å²) in [6, 6.07) is 7.28. The average molecular weight is 364 g/mol. The summed E-state index contributed by atoms with van der Waals surface area (Å²) >= 11 is 1.38. The van der Waals surface area contributed by atoms with Crippen LogP contribution in [0.2, 0.25) is 0 Å². The highest BCUT2D eigenvalue weighted by atomic mass is 32.2. The Hall–Kier alpha value is -2.48. The quantitative estimate of drug-likeness (QED) is 0.566. The Labute approximate surface area is 150 Å². The molecule has 0 aliphatic carbocycles. The van der Waals surface area contributed by atoms with Crippen LogP contribution >= 0.6 is 11.8 Å². The van der Waals surface area contributed by atoms with Crippen molar-refractivity contribution in [2.24, 2.45) is 0 Å². The number of nitrogens with one attached hydrogen (secondary N) is 2. The summed E-state index contributed by atoms with van der Waals surface area (Å²) in [6.07, 6.45) is 0. The number of urea groups is 1. The minimum Gasteiger partial charge on any atom is -0.463 e. The van der Waals surface area contributed by atoms with Crippen molar-refractivity contribution in [2.75, 3.05) is 25.5 Å². The van der Waals surface area contributed by atoms with Crippen molar-refractivity contribution in [3.63, 3.8) is 0 Å². The first-order chi connectivity index (χ1) is 12.0. The molecule has 0 aromatic heterocycles. The molecule has 25 heavy (non-hydrogen) atoms. The fourth-order valence-corrected chi connectivity index (χ4v) is 2.95. The van der Waals surface area contributed by atoms with Crippen molar-refractivity contribution in [1.82, 2.24) is 10.6 Å². The average Bonchev–Trinajstić information content (AvgIpc) is 2.59. The van der Waals surface area contributed by atoms with Crippen LogP contribution in [0.1, 0.15) is 12.5 Å². The lowest BCUT2D eigenvalue weighted by atomic mass is 10.2. The molecular formula is C17H20N2O5S. The second kappa shape index (κ2) is 9.12. The molecule has 0 saturated carbocycles. The normalized spacial score (nSPS) is 13.8. The molecule has 1 aromatic rings. The fraction of sp³-hybridized carbons (Fsp3) is 0.353. The molecule has 1 aliphatic rings. The maximum atomic E-state index is 11.9. The molecule has 2 N–H and O–H groups in total. The summed E-state index contributed by atoms with van der Waals surface area (Å²) in [5, 5.41) is 4.98. The predicted molar refractivity (Wildman–Crippen MR) is 93.1 cm³/mol. The number of rotatable bonds is 7. The van der Waals surface area contributed by atoms with E-state index in [0.717, 1.165) is 10.5 Å². The molecule has 0 spiro atoms. The van der Waals surface area contributed by atoms with E-state index in [-0.39, 0.29) is 36.8 Å². The van der Waals surface area contributed by atoms with Crippen LogP contribution in [0.15, 0.2) is 40.4 Å². The molecule has 1 aromatic carbocycles. The number of esters is 2. The minimum absolute atomic E-state index is 0.0372. The Balaban J connectivity index is 1.92. The molecule has 0 saturated heterocycles. The first-order valence-electron chi connectivity index (χ1n) is 7.79. The van der Waals surface area contributed by atoms with E-state index in [1.54, 1.807) is 6.92 Å². The van der Waals surface area contributed by atoms with Gasteiger partial charge in [-0.25, -0.2) is 9.59 Å². The molecule has 2 rings (SSSR count). The van der Waals surface area contributed by atoms with Crippen LogP contribution in [0.25, 0.3) is 0 Å². The molecule has 1 heterocycles. The van der Waals surface area contributed by atoms with Gasteiger partial charge >= 0.3 is 18.0 Å². The van der Waals surface area contributed by atoms with E-state index < -0.39 is 18.0 Å². The number of thioether (sulfide) groups is 1. The summed E-state index contributed by atoms with van der Waals surface area (Å²) in [4.78, 5) is 36.3. The van der Waals surface area contributed by atoms with Gasteiger partial charge in [0.05, 0.1) is 30.2 Å². The lowest BCUT2D eigenvalue weighted by molar-refractivity contribution is -0.141. The van der Waals surface area contributed by atoms with Crippen LogP contribution in [-0.4, -0.2) is 43.5 Å².